The summed E-state index contributed by atoms with van der Waals surface area (Å²) in [7, 11) is 0. The molecule has 3 aromatic carbocycles. The van der Waals surface area contributed by atoms with Crippen molar-refractivity contribution in [2.24, 2.45) is 11.8 Å². The molecule has 3 nitrogen and oxygen atoms in total. The lowest BCUT2D eigenvalue weighted by Crippen LogP contribution is -2.41. The van der Waals surface area contributed by atoms with Crippen LogP contribution in [0.4, 0.5) is 5.69 Å². The Morgan fingerprint density at radius 3 is 1.43 bits per heavy atom. The normalized spacial score (nSPS) is 26.8. The van der Waals surface area contributed by atoms with E-state index in [-0.39, 0.29) is 35.5 Å². The Bertz CT molecular complexity index is 1060. The molecule has 0 saturated carbocycles. The Labute approximate surface area is 167 Å². The highest BCUT2D eigenvalue weighted by molar-refractivity contribution is 6.36. The van der Waals surface area contributed by atoms with E-state index in [0.29, 0.717) is 10.7 Å². The molecule has 136 valence electrons. The van der Waals surface area contributed by atoms with E-state index >= 15 is 0 Å². The van der Waals surface area contributed by atoms with Crippen molar-refractivity contribution >= 4 is 29.1 Å². The summed E-state index contributed by atoms with van der Waals surface area (Å²) in [4.78, 5) is 28.4. The van der Waals surface area contributed by atoms with Crippen LogP contribution < -0.4 is 4.90 Å². The molecule has 0 spiro atoms. The molecular formula is C24H16ClNO2. The fourth-order valence-corrected chi connectivity index (χ4v) is 5.77. The predicted octanol–water partition coefficient (Wildman–Crippen LogP) is 4.74. The summed E-state index contributed by atoms with van der Waals surface area (Å²) in [5.41, 5.74) is 5.19. The van der Waals surface area contributed by atoms with E-state index in [9.17, 15) is 9.59 Å². The fraction of sp³-hybridized carbons (Fsp3) is 0.167. The van der Waals surface area contributed by atoms with Crippen LogP contribution in [0.2, 0.25) is 5.02 Å². The Hall–Kier alpha value is -2.91. The summed E-state index contributed by atoms with van der Waals surface area (Å²) in [5.74, 6) is -1.21. The van der Waals surface area contributed by atoms with E-state index in [1.807, 2.05) is 30.3 Å². The zero-order valence-corrected chi connectivity index (χ0v) is 15.6. The molecule has 0 radical (unpaired) electrons. The SMILES string of the molecule is O=C1[C@@H]2C3c4ccccc4C(c4ccccc43)[C@@H]2C(=O)N1c1ccccc1Cl. The number of para-hydroxylation sites is 1. The van der Waals surface area contributed by atoms with Gasteiger partial charge in [-0.05, 0) is 34.4 Å². The first kappa shape index (κ1) is 16.1. The first-order valence-corrected chi connectivity index (χ1v) is 9.86. The molecule has 2 atom stereocenters. The van der Waals surface area contributed by atoms with Crippen molar-refractivity contribution in [3.8, 4) is 0 Å². The second-order valence-electron chi connectivity index (χ2n) is 7.73. The number of halogens is 1. The van der Waals surface area contributed by atoms with Crippen molar-refractivity contribution < 1.29 is 9.59 Å². The number of rotatable bonds is 1. The van der Waals surface area contributed by atoms with Crippen LogP contribution in [0.1, 0.15) is 34.1 Å². The summed E-state index contributed by atoms with van der Waals surface area (Å²) in [5, 5.41) is 0.422. The molecule has 1 fully saturated rings. The molecule has 28 heavy (non-hydrogen) atoms. The quantitative estimate of drug-likeness (QED) is 0.567. The molecule has 1 aliphatic heterocycles. The maximum Gasteiger partial charge on any atom is 0.238 e. The van der Waals surface area contributed by atoms with E-state index in [0.717, 1.165) is 0 Å². The van der Waals surface area contributed by atoms with Gasteiger partial charge in [-0.3, -0.25) is 9.59 Å². The third-order valence-electron chi connectivity index (χ3n) is 6.54. The second-order valence-corrected chi connectivity index (χ2v) is 8.14. The Morgan fingerprint density at radius 2 is 1.00 bits per heavy atom. The lowest BCUT2D eigenvalue weighted by Gasteiger charge is -2.45. The van der Waals surface area contributed by atoms with E-state index in [1.165, 1.54) is 27.2 Å². The van der Waals surface area contributed by atoms with Gasteiger partial charge < -0.3 is 0 Å². The molecule has 4 heteroatoms. The minimum absolute atomic E-state index is 0.0914. The van der Waals surface area contributed by atoms with Gasteiger partial charge in [-0.25, -0.2) is 4.90 Å². The molecule has 3 aliphatic carbocycles. The number of imide groups is 1. The highest BCUT2D eigenvalue weighted by Crippen LogP contribution is 2.61. The maximum absolute atomic E-state index is 13.6. The van der Waals surface area contributed by atoms with Gasteiger partial charge in [-0.1, -0.05) is 72.3 Å². The average Bonchev–Trinajstić information content (AvgIpc) is 2.99. The topological polar surface area (TPSA) is 37.4 Å². The molecule has 1 saturated heterocycles. The summed E-state index contributed by atoms with van der Waals surface area (Å²) in [6.07, 6.45) is 0. The van der Waals surface area contributed by atoms with Crippen LogP contribution >= 0.6 is 11.6 Å². The van der Waals surface area contributed by atoms with Crippen LogP contribution in [-0.2, 0) is 9.59 Å². The predicted molar refractivity (Wildman–Crippen MR) is 107 cm³/mol. The molecule has 0 unspecified atom stereocenters. The van der Waals surface area contributed by atoms with Gasteiger partial charge in [0.25, 0.3) is 0 Å². The second kappa shape index (κ2) is 5.55. The number of carbonyl (C=O) groups excluding carboxylic acids is 2. The zero-order valence-electron chi connectivity index (χ0n) is 14.9. The number of hydrogen-bond acceptors (Lipinski definition) is 2. The molecule has 7 rings (SSSR count). The molecule has 4 aliphatic rings. The molecule has 1 heterocycles. The Morgan fingerprint density at radius 1 is 0.607 bits per heavy atom. The van der Waals surface area contributed by atoms with Crippen molar-refractivity contribution in [3.05, 3.63) is 100 Å². The van der Waals surface area contributed by atoms with Crippen molar-refractivity contribution in [3.63, 3.8) is 0 Å². The van der Waals surface area contributed by atoms with Crippen molar-refractivity contribution in [2.75, 3.05) is 4.90 Å². The molecule has 2 amide bonds. The number of hydrogen-bond donors (Lipinski definition) is 0. The smallest absolute Gasteiger partial charge is 0.238 e. The van der Waals surface area contributed by atoms with E-state index in [1.54, 1.807) is 18.2 Å². The Balaban J connectivity index is 1.59. The monoisotopic (exact) mass is 385 g/mol. The third-order valence-corrected chi connectivity index (χ3v) is 6.86. The zero-order chi connectivity index (χ0) is 19.0. The van der Waals surface area contributed by atoms with E-state index < -0.39 is 0 Å². The number of anilines is 1. The Kier molecular flexibility index (Phi) is 3.19. The van der Waals surface area contributed by atoms with Crippen LogP contribution in [0.15, 0.2) is 72.8 Å². The van der Waals surface area contributed by atoms with Crippen LogP contribution in [0.25, 0.3) is 0 Å². The van der Waals surface area contributed by atoms with Crippen molar-refractivity contribution in [1.82, 2.24) is 0 Å². The minimum atomic E-state index is -0.376. The summed E-state index contributed by atoms with van der Waals surface area (Å²) < 4.78 is 0. The number of benzene rings is 3. The van der Waals surface area contributed by atoms with Gasteiger partial charge in [0.15, 0.2) is 0 Å². The standard InChI is InChI=1S/C24H16ClNO2/c25-17-11-5-6-12-18(17)26-23(27)21-19-13-7-1-2-8-14(13)20(22(21)24(26)28)16-10-4-3-9-15(16)19/h1-12,19-22H/t19?,20?,21-,22+. The van der Waals surface area contributed by atoms with Crippen LogP contribution in [-0.4, -0.2) is 11.8 Å². The van der Waals surface area contributed by atoms with Gasteiger partial charge in [-0.15, -0.1) is 0 Å². The van der Waals surface area contributed by atoms with Crippen LogP contribution in [0, 0.1) is 11.8 Å². The molecule has 2 bridgehead atoms. The summed E-state index contributed by atoms with van der Waals surface area (Å²) in [6, 6.07) is 23.6. The fourth-order valence-electron chi connectivity index (χ4n) is 5.55. The number of nitrogens with zero attached hydrogens (tertiary/aromatic N) is 1. The van der Waals surface area contributed by atoms with Gasteiger partial charge in [0.1, 0.15) is 0 Å². The van der Waals surface area contributed by atoms with Gasteiger partial charge in [-0.2, -0.15) is 0 Å². The van der Waals surface area contributed by atoms with Gasteiger partial charge in [0, 0.05) is 11.8 Å². The number of carbonyl (C=O) groups is 2. The first-order chi connectivity index (χ1) is 13.7. The highest BCUT2D eigenvalue weighted by Gasteiger charge is 2.61. The van der Waals surface area contributed by atoms with Crippen molar-refractivity contribution in [1.29, 1.82) is 0 Å². The summed E-state index contributed by atoms with van der Waals surface area (Å²) in [6.45, 7) is 0. The van der Waals surface area contributed by atoms with Gasteiger partial charge in [0.05, 0.1) is 22.5 Å². The first-order valence-electron chi connectivity index (χ1n) is 9.48. The van der Waals surface area contributed by atoms with Crippen LogP contribution in [0.5, 0.6) is 0 Å². The molecule has 3 aromatic rings. The number of amides is 2. The van der Waals surface area contributed by atoms with Gasteiger partial charge in [0.2, 0.25) is 11.8 Å². The van der Waals surface area contributed by atoms with E-state index in [2.05, 4.69) is 24.3 Å². The molecule has 0 aromatic heterocycles. The highest BCUT2D eigenvalue weighted by atomic mass is 35.5. The largest absolute Gasteiger partial charge is 0.274 e. The third kappa shape index (κ3) is 1.85. The van der Waals surface area contributed by atoms with Gasteiger partial charge >= 0.3 is 0 Å². The van der Waals surface area contributed by atoms with Crippen molar-refractivity contribution in [2.45, 2.75) is 11.8 Å². The molecular weight excluding hydrogens is 370 g/mol. The molecule has 0 N–H and O–H groups in total. The average molecular weight is 386 g/mol. The maximum atomic E-state index is 13.6. The lowest BCUT2D eigenvalue weighted by atomic mass is 9.55. The van der Waals surface area contributed by atoms with E-state index in [4.69, 9.17) is 11.6 Å². The van der Waals surface area contributed by atoms with Crippen LogP contribution in [0.3, 0.4) is 0 Å². The summed E-state index contributed by atoms with van der Waals surface area (Å²) >= 11 is 6.35. The minimum Gasteiger partial charge on any atom is -0.274 e. The lowest BCUT2D eigenvalue weighted by molar-refractivity contribution is -0.122.